The van der Waals surface area contributed by atoms with Crippen LogP contribution < -0.4 is 0 Å². The van der Waals surface area contributed by atoms with Crippen LogP contribution >= 0.6 is 0 Å². The Balaban J connectivity index is 1.79. The fraction of sp³-hybridized carbons (Fsp3) is 0.556. The Morgan fingerprint density at radius 1 is 1.25 bits per heavy atom. The Labute approximate surface area is 122 Å². The number of H-pyrrole nitrogens is 1. The minimum Gasteiger partial charge on any atom is -0.361 e. The second-order valence-corrected chi connectivity index (χ2v) is 6.23. The number of hydrogen-bond acceptors (Lipinski definition) is 1. The molecule has 2 heterocycles. The minimum absolute atomic E-state index is 0.653. The van der Waals surface area contributed by atoms with E-state index in [0.717, 1.165) is 0 Å². The van der Waals surface area contributed by atoms with Gasteiger partial charge in [0.05, 0.1) is 0 Å². The summed E-state index contributed by atoms with van der Waals surface area (Å²) in [6.45, 7) is 8.37. The molecule has 1 atom stereocenters. The molecule has 0 spiro atoms. The van der Waals surface area contributed by atoms with Crippen molar-refractivity contribution in [2.75, 3.05) is 19.6 Å². The standard InChI is InChI=1S/C18H26N2/c1-3-14(2)15-6-7-18-17(12-15)16(13-19-18)8-11-20-9-4-5-10-20/h6-7,12-14,19H,3-5,8-11H2,1-2H3. The zero-order valence-corrected chi connectivity index (χ0v) is 12.8. The summed E-state index contributed by atoms with van der Waals surface area (Å²) in [4.78, 5) is 6.02. The molecule has 1 aromatic heterocycles. The topological polar surface area (TPSA) is 19.0 Å². The van der Waals surface area contributed by atoms with E-state index in [0.29, 0.717) is 5.92 Å². The first-order valence-corrected chi connectivity index (χ1v) is 8.10. The molecule has 0 amide bonds. The van der Waals surface area contributed by atoms with E-state index in [2.05, 4.69) is 48.1 Å². The fourth-order valence-corrected chi connectivity index (χ4v) is 3.23. The summed E-state index contributed by atoms with van der Waals surface area (Å²) in [5.41, 5.74) is 4.24. The van der Waals surface area contributed by atoms with E-state index in [-0.39, 0.29) is 0 Å². The molecule has 1 N–H and O–H groups in total. The van der Waals surface area contributed by atoms with Crippen molar-refractivity contribution in [2.45, 2.75) is 45.4 Å². The maximum atomic E-state index is 3.43. The van der Waals surface area contributed by atoms with Crippen LogP contribution in [0.5, 0.6) is 0 Å². The quantitative estimate of drug-likeness (QED) is 0.857. The minimum atomic E-state index is 0.653. The molecule has 1 aliphatic heterocycles. The zero-order chi connectivity index (χ0) is 13.9. The normalized spacial score (nSPS) is 17.9. The maximum Gasteiger partial charge on any atom is 0.0456 e. The molecule has 1 aromatic carbocycles. The highest BCUT2D eigenvalue weighted by Crippen LogP contribution is 2.26. The zero-order valence-electron chi connectivity index (χ0n) is 12.8. The van der Waals surface area contributed by atoms with E-state index in [9.17, 15) is 0 Å². The summed E-state index contributed by atoms with van der Waals surface area (Å²) in [6.07, 6.45) is 7.35. The fourth-order valence-electron chi connectivity index (χ4n) is 3.23. The number of likely N-dealkylation sites (tertiary alicyclic amines) is 1. The smallest absolute Gasteiger partial charge is 0.0456 e. The number of aromatic nitrogens is 1. The van der Waals surface area contributed by atoms with Gasteiger partial charge >= 0.3 is 0 Å². The van der Waals surface area contributed by atoms with Gasteiger partial charge in [0.2, 0.25) is 0 Å². The molecule has 108 valence electrons. The van der Waals surface area contributed by atoms with Crippen molar-refractivity contribution < 1.29 is 0 Å². The van der Waals surface area contributed by atoms with Crippen LogP contribution in [0.2, 0.25) is 0 Å². The van der Waals surface area contributed by atoms with Crippen LogP contribution in [0.4, 0.5) is 0 Å². The first-order chi connectivity index (χ1) is 9.78. The lowest BCUT2D eigenvalue weighted by Gasteiger charge is -2.14. The predicted octanol–water partition coefficient (Wildman–Crippen LogP) is 4.32. The molecular weight excluding hydrogens is 244 g/mol. The Morgan fingerprint density at radius 2 is 2.05 bits per heavy atom. The van der Waals surface area contributed by atoms with E-state index < -0.39 is 0 Å². The Hall–Kier alpha value is -1.28. The number of rotatable bonds is 5. The lowest BCUT2D eigenvalue weighted by Crippen LogP contribution is -2.21. The second kappa shape index (κ2) is 6.01. The molecule has 1 saturated heterocycles. The van der Waals surface area contributed by atoms with Gasteiger partial charge in [0.25, 0.3) is 0 Å². The molecule has 1 unspecified atom stereocenters. The van der Waals surface area contributed by atoms with Gasteiger partial charge < -0.3 is 9.88 Å². The summed E-state index contributed by atoms with van der Waals surface area (Å²) in [7, 11) is 0. The predicted molar refractivity (Wildman–Crippen MR) is 86.4 cm³/mol. The average Bonchev–Trinajstić information content (AvgIpc) is 3.13. The van der Waals surface area contributed by atoms with Gasteiger partial charge in [0.1, 0.15) is 0 Å². The summed E-state index contributed by atoms with van der Waals surface area (Å²) < 4.78 is 0. The number of hydrogen-bond donors (Lipinski definition) is 1. The molecule has 0 aliphatic carbocycles. The van der Waals surface area contributed by atoms with E-state index >= 15 is 0 Å². The molecule has 0 bridgehead atoms. The van der Waals surface area contributed by atoms with Gasteiger partial charge in [0.15, 0.2) is 0 Å². The number of aromatic amines is 1. The number of fused-ring (bicyclic) bond motifs is 1. The number of nitrogens with one attached hydrogen (secondary N) is 1. The molecule has 2 aromatic rings. The molecule has 3 rings (SSSR count). The van der Waals surface area contributed by atoms with Gasteiger partial charge in [-0.05, 0) is 68.0 Å². The Kier molecular flexibility index (Phi) is 4.11. The van der Waals surface area contributed by atoms with Crippen molar-refractivity contribution in [3.63, 3.8) is 0 Å². The molecule has 1 fully saturated rings. The summed E-state index contributed by atoms with van der Waals surface area (Å²) in [5, 5.41) is 1.43. The summed E-state index contributed by atoms with van der Waals surface area (Å²) >= 11 is 0. The van der Waals surface area contributed by atoms with Gasteiger partial charge in [-0.25, -0.2) is 0 Å². The van der Waals surface area contributed by atoms with Gasteiger partial charge in [-0.3, -0.25) is 0 Å². The van der Waals surface area contributed by atoms with Crippen molar-refractivity contribution in [3.05, 3.63) is 35.5 Å². The van der Waals surface area contributed by atoms with E-state index in [1.54, 1.807) is 0 Å². The molecule has 2 nitrogen and oxygen atoms in total. The van der Waals surface area contributed by atoms with Crippen LogP contribution in [0.1, 0.15) is 50.2 Å². The highest BCUT2D eigenvalue weighted by atomic mass is 15.1. The van der Waals surface area contributed by atoms with Crippen LogP contribution in [-0.4, -0.2) is 29.5 Å². The van der Waals surface area contributed by atoms with Crippen LogP contribution in [0.25, 0.3) is 10.9 Å². The van der Waals surface area contributed by atoms with Crippen LogP contribution in [0.15, 0.2) is 24.4 Å². The highest BCUT2D eigenvalue weighted by molar-refractivity contribution is 5.84. The van der Waals surface area contributed by atoms with Crippen molar-refractivity contribution >= 4 is 10.9 Å². The lowest BCUT2D eigenvalue weighted by atomic mass is 9.96. The first-order valence-electron chi connectivity index (χ1n) is 8.10. The lowest BCUT2D eigenvalue weighted by molar-refractivity contribution is 0.344. The van der Waals surface area contributed by atoms with Gasteiger partial charge in [0, 0.05) is 23.6 Å². The van der Waals surface area contributed by atoms with E-state index in [4.69, 9.17) is 0 Å². The third-order valence-corrected chi connectivity index (χ3v) is 4.87. The van der Waals surface area contributed by atoms with Crippen LogP contribution in [0.3, 0.4) is 0 Å². The SMILES string of the molecule is CCC(C)c1ccc2[nH]cc(CCN3CCCC3)c2c1. The molecule has 1 aliphatic rings. The van der Waals surface area contributed by atoms with Gasteiger partial charge in [-0.15, -0.1) is 0 Å². The Morgan fingerprint density at radius 3 is 2.80 bits per heavy atom. The third-order valence-electron chi connectivity index (χ3n) is 4.87. The van der Waals surface area contributed by atoms with Gasteiger partial charge in [-0.2, -0.15) is 0 Å². The van der Waals surface area contributed by atoms with Gasteiger partial charge in [-0.1, -0.05) is 19.9 Å². The average molecular weight is 270 g/mol. The molecule has 2 heteroatoms. The van der Waals surface area contributed by atoms with Crippen molar-refractivity contribution in [1.82, 2.24) is 9.88 Å². The van der Waals surface area contributed by atoms with E-state index in [1.165, 1.54) is 67.3 Å². The molecule has 20 heavy (non-hydrogen) atoms. The summed E-state index contributed by atoms with van der Waals surface area (Å²) in [5.74, 6) is 0.653. The monoisotopic (exact) mass is 270 g/mol. The number of nitrogens with zero attached hydrogens (tertiary/aromatic N) is 1. The largest absolute Gasteiger partial charge is 0.361 e. The summed E-state index contributed by atoms with van der Waals surface area (Å²) in [6, 6.07) is 6.92. The molecule has 0 radical (unpaired) electrons. The van der Waals surface area contributed by atoms with Crippen molar-refractivity contribution in [3.8, 4) is 0 Å². The molecular formula is C18H26N2. The highest BCUT2D eigenvalue weighted by Gasteiger charge is 2.13. The molecule has 0 saturated carbocycles. The van der Waals surface area contributed by atoms with Crippen LogP contribution in [0, 0.1) is 0 Å². The maximum absolute atomic E-state index is 3.43. The second-order valence-electron chi connectivity index (χ2n) is 6.23. The van der Waals surface area contributed by atoms with Crippen LogP contribution in [-0.2, 0) is 6.42 Å². The van der Waals surface area contributed by atoms with E-state index in [1.807, 2.05) is 0 Å². The first kappa shape index (κ1) is 13.7. The Bertz CT molecular complexity index is 564. The number of benzene rings is 1. The van der Waals surface area contributed by atoms with Crippen molar-refractivity contribution in [1.29, 1.82) is 0 Å². The van der Waals surface area contributed by atoms with Crippen molar-refractivity contribution in [2.24, 2.45) is 0 Å². The third kappa shape index (κ3) is 2.76.